The Morgan fingerprint density at radius 2 is 1.90 bits per heavy atom. The molecule has 0 heterocycles. The molecule has 0 aliphatic rings. The first-order chi connectivity index (χ1) is 9.03. The molecule has 0 fully saturated rings. The fraction of sp³-hybridized carbons (Fsp3) is 0.308. The number of hydrogen-bond donors (Lipinski definition) is 2. The van der Waals surface area contributed by atoms with Crippen molar-refractivity contribution in [1.29, 1.82) is 0 Å². The molecule has 1 unspecified atom stereocenters. The van der Waals surface area contributed by atoms with Crippen molar-refractivity contribution in [2.75, 3.05) is 5.75 Å². The number of carbonyl (C=O) groups excluding carboxylic acids is 1. The van der Waals surface area contributed by atoms with Crippen LogP contribution in [0.2, 0.25) is 5.02 Å². The Bertz CT molecular complexity index is 624. The summed E-state index contributed by atoms with van der Waals surface area (Å²) in [4.78, 5) is 11.8. The molecule has 0 aliphatic heterocycles. The average Bonchev–Trinajstić information content (AvgIpc) is 2.26. The second-order valence-corrected chi connectivity index (χ2v) is 6.69. The van der Waals surface area contributed by atoms with E-state index in [0.717, 1.165) is 0 Å². The Labute approximate surface area is 123 Å². The lowest BCUT2D eigenvalue weighted by Crippen LogP contribution is -2.48. The van der Waals surface area contributed by atoms with Gasteiger partial charge in [0.2, 0.25) is 5.91 Å². The molecule has 0 saturated heterocycles. The zero-order chi connectivity index (χ0) is 15.6. The third kappa shape index (κ3) is 4.63. The molecular formula is C13H16ClNO4S. The third-order valence-corrected chi connectivity index (χ3v) is 3.92. The molecule has 7 heteroatoms. The van der Waals surface area contributed by atoms with Crippen molar-refractivity contribution in [1.82, 2.24) is 5.32 Å². The van der Waals surface area contributed by atoms with Crippen molar-refractivity contribution in [3.05, 3.63) is 47.0 Å². The minimum Gasteiger partial charge on any atom is -0.342 e. The van der Waals surface area contributed by atoms with Gasteiger partial charge in [0.1, 0.15) is 5.75 Å². The van der Waals surface area contributed by atoms with Gasteiger partial charge in [0.05, 0.1) is 5.54 Å². The maximum absolute atomic E-state index is 11.8. The molecule has 20 heavy (non-hydrogen) atoms. The van der Waals surface area contributed by atoms with E-state index in [4.69, 9.17) is 16.2 Å². The first-order valence-corrected chi connectivity index (χ1v) is 7.71. The van der Waals surface area contributed by atoms with Gasteiger partial charge in [0.25, 0.3) is 10.1 Å². The number of nitrogens with one attached hydrogen (secondary N) is 1. The van der Waals surface area contributed by atoms with E-state index in [1.807, 2.05) is 0 Å². The standard InChI is InChI=1S/C13H16ClNO4S/c1-9(2)12(16)15-13(3,8-20(17,18)19)10-4-6-11(14)7-5-10/h4-7H,1,8H2,2-3H3,(H,15,16)(H,17,18,19). The maximum atomic E-state index is 11.8. The number of halogens is 1. The molecule has 1 atom stereocenters. The zero-order valence-electron chi connectivity index (χ0n) is 11.2. The van der Waals surface area contributed by atoms with Crippen molar-refractivity contribution in [3.63, 3.8) is 0 Å². The summed E-state index contributed by atoms with van der Waals surface area (Å²) in [5.74, 6) is -1.15. The van der Waals surface area contributed by atoms with E-state index < -0.39 is 27.3 Å². The smallest absolute Gasteiger partial charge is 0.267 e. The fourth-order valence-corrected chi connectivity index (χ4v) is 2.83. The molecule has 1 rings (SSSR count). The first-order valence-electron chi connectivity index (χ1n) is 5.73. The predicted octanol–water partition coefficient (Wildman–Crippen LogP) is 2.14. The number of rotatable bonds is 5. The highest BCUT2D eigenvalue weighted by Crippen LogP contribution is 2.24. The maximum Gasteiger partial charge on any atom is 0.267 e. The van der Waals surface area contributed by atoms with E-state index in [1.165, 1.54) is 13.8 Å². The van der Waals surface area contributed by atoms with E-state index in [0.29, 0.717) is 10.6 Å². The Morgan fingerprint density at radius 1 is 1.40 bits per heavy atom. The summed E-state index contributed by atoms with van der Waals surface area (Å²) in [6, 6.07) is 6.33. The lowest BCUT2D eigenvalue weighted by Gasteiger charge is -2.30. The molecule has 0 aliphatic carbocycles. The summed E-state index contributed by atoms with van der Waals surface area (Å²) in [7, 11) is -4.29. The molecule has 5 nitrogen and oxygen atoms in total. The van der Waals surface area contributed by atoms with Gasteiger partial charge in [-0.1, -0.05) is 30.3 Å². The molecule has 0 bridgehead atoms. The van der Waals surface area contributed by atoms with Crippen LogP contribution in [0.15, 0.2) is 36.4 Å². The SMILES string of the molecule is C=C(C)C(=O)NC(C)(CS(=O)(=O)O)c1ccc(Cl)cc1. The third-order valence-electron chi connectivity index (χ3n) is 2.73. The lowest BCUT2D eigenvalue weighted by molar-refractivity contribution is -0.119. The highest BCUT2D eigenvalue weighted by atomic mass is 35.5. The van der Waals surface area contributed by atoms with Crippen molar-refractivity contribution in [2.24, 2.45) is 0 Å². The van der Waals surface area contributed by atoms with Crippen LogP contribution in [0.5, 0.6) is 0 Å². The van der Waals surface area contributed by atoms with E-state index in [2.05, 4.69) is 11.9 Å². The summed E-state index contributed by atoms with van der Waals surface area (Å²) < 4.78 is 31.5. The van der Waals surface area contributed by atoms with Crippen molar-refractivity contribution in [3.8, 4) is 0 Å². The largest absolute Gasteiger partial charge is 0.342 e. The Hall–Kier alpha value is -1.37. The number of carbonyl (C=O) groups is 1. The van der Waals surface area contributed by atoms with E-state index in [1.54, 1.807) is 24.3 Å². The highest BCUT2D eigenvalue weighted by Gasteiger charge is 2.33. The summed E-state index contributed by atoms with van der Waals surface area (Å²) in [6.07, 6.45) is 0. The molecule has 2 N–H and O–H groups in total. The van der Waals surface area contributed by atoms with Crippen LogP contribution < -0.4 is 5.32 Å². The molecule has 110 valence electrons. The lowest BCUT2D eigenvalue weighted by atomic mass is 9.93. The van der Waals surface area contributed by atoms with E-state index in [9.17, 15) is 13.2 Å². The van der Waals surface area contributed by atoms with Crippen LogP contribution in [0.4, 0.5) is 0 Å². The van der Waals surface area contributed by atoms with Gasteiger partial charge in [-0.25, -0.2) is 0 Å². The van der Waals surface area contributed by atoms with Gasteiger partial charge in [0, 0.05) is 10.6 Å². The van der Waals surface area contributed by atoms with Gasteiger partial charge in [-0.3, -0.25) is 9.35 Å². The predicted molar refractivity (Wildman–Crippen MR) is 78.2 cm³/mol. The van der Waals surface area contributed by atoms with E-state index in [-0.39, 0.29) is 5.57 Å². The van der Waals surface area contributed by atoms with Crippen molar-refractivity contribution in [2.45, 2.75) is 19.4 Å². The normalized spacial score (nSPS) is 14.4. The molecule has 0 aromatic heterocycles. The first kappa shape index (κ1) is 16.7. The second kappa shape index (κ2) is 5.95. The summed E-state index contributed by atoms with van der Waals surface area (Å²) in [6.45, 7) is 6.51. The Balaban J connectivity index is 3.22. The van der Waals surface area contributed by atoms with Crippen LogP contribution in [0.3, 0.4) is 0 Å². The van der Waals surface area contributed by atoms with Crippen LogP contribution in [0, 0.1) is 0 Å². The van der Waals surface area contributed by atoms with Crippen molar-refractivity contribution >= 4 is 27.6 Å². The molecule has 0 saturated carbocycles. The summed E-state index contributed by atoms with van der Waals surface area (Å²) in [5, 5.41) is 3.05. The zero-order valence-corrected chi connectivity index (χ0v) is 12.8. The van der Waals surface area contributed by atoms with Crippen LogP contribution in [-0.2, 0) is 20.5 Å². The minimum atomic E-state index is -4.29. The second-order valence-electron chi connectivity index (χ2n) is 4.80. The Kier molecular flexibility index (Phi) is 4.96. The van der Waals surface area contributed by atoms with Gasteiger partial charge in [-0.2, -0.15) is 8.42 Å². The van der Waals surface area contributed by atoms with Crippen LogP contribution in [0.25, 0.3) is 0 Å². The van der Waals surface area contributed by atoms with Gasteiger partial charge < -0.3 is 5.32 Å². The molecule has 1 amide bonds. The van der Waals surface area contributed by atoms with E-state index >= 15 is 0 Å². The molecule has 0 spiro atoms. The minimum absolute atomic E-state index is 0.237. The van der Waals surface area contributed by atoms with Crippen molar-refractivity contribution < 1.29 is 17.8 Å². The van der Waals surface area contributed by atoms with Gasteiger partial charge in [-0.05, 0) is 31.5 Å². The molecular weight excluding hydrogens is 302 g/mol. The van der Waals surface area contributed by atoms with Crippen LogP contribution in [-0.4, -0.2) is 24.6 Å². The summed E-state index contributed by atoms with van der Waals surface area (Å²) >= 11 is 5.78. The topological polar surface area (TPSA) is 83.5 Å². The molecule has 0 radical (unpaired) electrons. The van der Waals surface area contributed by atoms with Gasteiger partial charge >= 0.3 is 0 Å². The van der Waals surface area contributed by atoms with Gasteiger partial charge in [0.15, 0.2) is 0 Å². The number of hydrogen-bond acceptors (Lipinski definition) is 3. The monoisotopic (exact) mass is 317 g/mol. The average molecular weight is 318 g/mol. The highest BCUT2D eigenvalue weighted by molar-refractivity contribution is 7.85. The Morgan fingerprint density at radius 3 is 2.30 bits per heavy atom. The quantitative estimate of drug-likeness (QED) is 0.643. The number of amides is 1. The summed E-state index contributed by atoms with van der Waals surface area (Å²) in [5.41, 5.74) is -0.538. The molecule has 1 aromatic rings. The van der Waals surface area contributed by atoms with Crippen LogP contribution >= 0.6 is 11.6 Å². The van der Waals surface area contributed by atoms with Gasteiger partial charge in [-0.15, -0.1) is 0 Å². The van der Waals surface area contributed by atoms with Crippen LogP contribution in [0.1, 0.15) is 19.4 Å². The molecule has 1 aromatic carbocycles. The number of benzene rings is 1. The fourth-order valence-electron chi connectivity index (χ4n) is 1.73.